The number of amides is 1. The first-order chi connectivity index (χ1) is 10.6. The Morgan fingerprint density at radius 2 is 1.86 bits per heavy atom. The maximum atomic E-state index is 12.3. The van der Waals surface area contributed by atoms with Crippen molar-refractivity contribution >= 4 is 5.91 Å². The zero-order valence-electron chi connectivity index (χ0n) is 12.7. The molecule has 0 radical (unpaired) electrons. The monoisotopic (exact) mass is 301 g/mol. The molecule has 0 heterocycles. The molecule has 2 aromatic carbocycles. The van der Waals surface area contributed by atoms with Gasteiger partial charge >= 0.3 is 0 Å². The number of phenols is 1. The summed E-state index contributed by atoms with van der Waals surface area (Å²) >= 11 is 0. The summed E-state index contributed by atoms with van der Waals surface area (Å²) in [6.07, 6.45) is 0. The molecule has 5 nitrogen and oxygen atoms in total. The molecule has 0 aliphatic carbocycles. The van der Waals surface area contributed by atoms with Gasteiger partial charge in [-0.2, -0.15) is 0 Å². The number of benzene rings is 2. The van der Waals surface area contributed by atoms with E-state index in [1.54, 1.807) is 19.2 Å². The topological polar surface area (TPSA) is 59.0 Å². The van der Waals surface area contributed by atoms with Crippen LogP contribution in [0.5, 0.6) is 17.2 Å². The van der Waals surface area contributed by atoms with Crippen LogP contribution in [0.1, 0.15) is 10.4 Å². The van der Waals surface area contributed by atoms with Crippen molar-refractivity contribution in [1.29, 1.82) is 0 Å². The molecule has 1 N–H and O–H groups in total. The summed E-state index contributed by atoms with van der Waals surface area (Å²) in [6.45, 7) is 0.794. The van der Waals surface area contributed by atoms with Crippen LogP contribution in [0, 0.1) is 0 Å². The zero-order valence-corrected chi connectivity index (χ0v) is 12.7. The summed E-state index contributed by atoms with van der Waals surface area (Å²) in [5.74, 6) is 0.900. The lowest BCUT2D eigenvalue weighted by Gasteiger charge is -2.18. The van der Waals surface area contributed by atoms with Crippen LogP contribution in [-0.4, -0.2) is 43.2 Å². The van der Waals surface area contributed by atoms with Gasteiger partial charge in [-0.15, -0.1) is 0 Å². The fourth-order valence-electron chi connectivity index (χ4n) is 1.94. The molecule has 22 heavy (non-hydrogen) atoms. The number of methoxy groups -OCH3 is 1. The van der Waals surface area contributed by atoms with Crippen molar-refractivity contribution in [1.82, 2.24) is 4.90 Å². The van der Waals surface area contributed by atoms with Crippen LogP contribution in [0.25, 0.3) is 0 Å². The van der Waals surface area contributed by atoms with Gasteiger partial charge in [0.1, 0.15) is 23.9 Å². The highest BCUT2D eigenvalue weighted by Gasteiger charge is 2.16. The maximum absolute atomic E-state index is 12.3. The van der Waals surface area contributed by atoms with Crippen molar-refractivity contribution in [2.24, 2.45) is 0 Å². The second-order valence-corrected chi connectivity index (χ2v) is 4.77. The molecule has 0 unspecified atom stereocenters. The third-order valence-corrected chi connectivity index (χ3v) is 3.22. The van der Waals surface area contributed by atoms with Gasteiger partial charge in [0.25, 0.3) is 5.91 Å². The smallest absolute Gasteiger partial charge is 0.257 e. The van der Waals surface area contributed by atoms with Crippen molar-refractivity contribution in [3.05, 3.63) is 54.1 Å². The summed E-state index contributed by atoms with van der Waals surface area (Å²) in [5.41, 5.74) is 0.239. The Morgan fingerprint density at radius 1 is 1.14 bits per heavy atom. The summed E-state index contributed by atoms with van der Waals surface area (Å²) < 4.78 is 10.6. The number of carbonyl (C=O) groups is 1. The Bertz CT molecular complexity index is 628. The molecular weight excluding hydrogens is 282 g/mol. The van der Waals surface area contributed by atoms with E-state index in [0.29, 0.717) is 18.9 Å². The van der Waals surface area contributed by atoms with E-state index in [-0.39, 0.29) is 17.2 Å². The molecule has 5 heteroatoms. The lowest BCUT2D eigenvalue weighted by atomic mass is 10.1. The molecule has 0 atom stereocenters. The first-order valence-electron chi connectivity index (χ1n) is 6.92. The van der Waals surface area contributed by atoms with E-state index < -0.39 is 0 Å². The summed E-state index contributed by atoms with van der Waals surface area (Å²) in [6, 6.07) is 14.0. The Hall–Kier alpha value is -2.69. The van der Waals surface area contributed by atoms with Gasteiger partial charge in [0.15, 0.2) is 0 Å². The first-order valence-corrected chi connectivity index (χ1v) is 6.92. The average Bonchev–Trinajstić information content (AvgIpc) is 2.55. The number of aromatic hydroxyl groups is 1. The van der Waals surface area contributed by atoms with E-state index in [1.807, 2.05) is 30.3 Å². The highest BCUT2D eigenvalue weighted by molar-refractivity contribution is 5.96. The first kappa shape index (κ1) is 15.7. The molecule has 1 amide bonds. The van der Waals surface area contributed by atoms with Crippen LogP contribution in [0.3, 0.4) is 0 Å². The second kappa shape index (κ2) is 7.36. The molecule has 0 spiro atoms. The number of hydrogen-bond acceptors (Lipinski definition) is 4. The number of rotatable bonds is 6. The molecule has 0 saturated heterocycles. The van der Waals surface area contributed by atoms with Crippen LogP contribution in [0.2, 0.25) is 0 Å². The van der Waals surface area contributed by atoms with Crippen LogP contribution in [0.4, 0.5) is 0 Å². The summed E-state index contributed by atoms with van der Waals surface area (Å²) in [4.78, 5) is 13.8. The molecule has 0 bridgehead atoms. The summed E-state index contributed by atoms with van der Waals surface area (Å²) in [7, 11) is 3.17. The second-order valence-electron chi connectivity index (χ2n) is 4.77. The Labute approximate surface area is 129 Å². The molecular formula is C17H19NO4. The lowest BCUT2D eigenvalue weighted by molar-refractivity contribution is 0.0770. The predicted octanol–water partition coefficient (Wildman–Crippen LogP) is 2.55. The van der Waals surface area contributed by atoms with Crippen LogP contribution >= 0.6 is 0 Å². The minimum absolute atomic E-state index is 0.0971. The van der Waals surface area contributed by atoms with Gasteiger partial charge in [0, 0.05) is 13.1 Å². The van der Waals surface area contributed by atoms with Gasteiger partial charge in [-0.25, -0.2) is 0 Å². The SMILES string of the molecule is COc1ccc(C(=O)N(C)CCOc2ccccc2)c(O)c1. The Morgan fingerprint density at radius 3 is 2.50 bits per heavy atom. The molecule has 0 aromatic heterocycles. The highest BCUT2D eigenvalue weighted by atomic mass is 16.5. The molecule has 0 fully saturated rings. The van der Waals surface area contributed by atoms with Gasteiger partial charge < -0.3 is 19.5 Å². The Kier molecular flexibility index (Phi) is 5.25. The number of phenolic OH excluding ortho intramolecular Hbond substituents is 1. The van der Waals surface area contributed by atoms with Crippen LogP contribution < -0.4 is 9.47 Å². The quantitative estimate of drug-likeness (QED) is 0.891. The minimum atomic E-state index is -0.267. The van der Waals surface area contributed by atoms with Crippen LogP contribution in [-0.2, 0) is 0 Å². The van der Waals surface area contributed by atoms with E-state index in [4.69, 9.17) is 9.47 Å². The average molecular weight is 301 g/mol. The van der Waals surface area contributed by atoms with Crippen molar-refractivity contribution in [3.63, 3.8) is 0 Å². The third kappa shape index (κ3) is 3.91. The van der Waals surface area contributed by atoms with Gasteiger partial charge in [0.2, 0.25) is 0 Å². The maximum Gasteiger partial charge on any atom is 0.257 e. The number of carbonyl (C=O) groups excluding carboxylic acids is 1. The van der Waals surface area contributed by atoms with E-state index in [2.05, 4.69) is 0 Å². The van der Waals surface area contributed by atoms with Crippen molar-refractivity contribution in [2.75, 3.05) is 27.3 Å². The largest absolute Gasteiger partial charge is 0.507 e. The molecule has 2 rings (SSSR count). The Balaban J connectivity index is 1.92. The zero-order chi connectivity index (χ0) is 15.9. The number of hydrogen-bond donors (Lipinski definition) is 1. The predicted molar refractivity (Wildman–Crippen MR) is 83.6 cm³/mol. The van der Waals surface area contributed by atoms with E-state index >= 15 is 0 Å². The molecule has 2 aromatic rings. The highest BCUT2D eigenvalue weighted by Crippen LogP contribution is 2.24. The summed E-state index contributed by atoms with van der Waals surface area (Å²) in [5, 5.41) is 9.89. The molecule has 0 aliphatic heterocycles. The lowest BCUT2D eigenvalue weighted by Crippen LogP contribution is -2.30. The standard InChI is InChI=1S/C17H19NO4/c1-18(10-11-22-13-6-4-3-5-7-13)17(20)15-9-8-14(21-2)12-16(15)19/h3-9,12,19H,10-11H2,1-2H3. The molecule has 0 saturated carbocycles. The molecule has 0 aliphatic rings. The van der Waals surface area contributed by atoms with E-state index in [9.17, 15) is 9.90 Å². The van der Waals surface area contributed by atoms with Crippen LogP contribution in [0.15, 0.2) is 48.5 Å². The third-order valence-electron chi connectivity index (χ3n) is 3.22. The normalized spacial score (nSPS) is 10.1. The number of nitrogens with zero attached hydrogens (tertiary/aromatic N) is 1. The van der Waals surface area contributed by atoms with Gasteiger partial charge in [0.05, 0.1) is 19.2 Å². The fraction of sp³-hybridized carbons (Fsp3) is 0.235. The van der Waals surface area contributed by atoms with Crippen molar-refractivity contribution in [3.8, 4) is 17.2 Å². The molecule has 116 valence electrons. The fourth-order valence-corrected chi connectivity index (χ4v) is 1.94. The number of ether oxygens (including phenoxy) is 2. The number of likely N-dealkylation sites (N-methyl/N-ethyl adjacent to an activating group) is 1. The van der Waals surface area contributed by atoms with Gasteiger partial charge in [-0.1, -0.05) is 18.2 Å². The van der Waals surface area contributed by atoms with Crippen molar-refractivity contribution in [2.45, 2.75) is 0 Å². The van der Waals surface area contributed by atoms with Crippen molar-refractivity contribution < 1.29 is 19.4 Å². The van der Waals surface area contributed by atoms with E-state index in [1.165, 1.54) is 18.1 Å². The minimum Gasteiger partial charge on any atom is -0.507 e. The number of para-hydroxylation sites is 1. The van der Waals surface area contributed by atoms with E-state index in [0.717, 1.165) is 5.75 Å². The van der Waals surface area contributed by atoms with Gasteiger partial charge in [-0.05, 0) is 24.3 Å². The van der Waals surface area contributed by atoms with Gasteiger partial charge in [-0.3, -0.25) is 4.79 Å².